The number of nitrogens with zero attached hydrogens (tertiary/aromatic N) is 4. The van der Waals surface area contributed by atoms with Crippen LogP contribution in [-0.2, 0) is 0 Å². The lowest BCUT2D eigenvalue weighted by Gasteiger charge is -2.08. The van der Waals surface area contributed by atoms with Gasteiger partial charge in [-0.25, -0.2) is 0 Å². The van der Waals surface area contributed by atoms with E-state index in [-0.39, 0.29) is 0 Å². The third-order valence-electron chi connectivity index (χ3n) is 9.49. The second-order valence-corrected chi connectivity index (χ2v) is 11.9. The molecule has 0 spiro atoms. The fourth-order valence-electron chi connectivity index (χ4n) is 7.49. The van der Waals surface area contributed by atoms with Gasteiger partial charge < -0.3 is 18.0 Å². The molecule has 11 rings (SSSR count). The quantitative estimate of drug-likeness (QED) is 0.201. The SMILES string of the molecule is c1ccc2c(c1)c1cnccc1n2-c1ccc2oc3cc4oc5ccc(-n6c7ccccc7c7cnccc76)cc5c4cc3c2c1. The summed E-state index contributed by atoms with van der Waals surface area (Å²) >= 11 is 0. The van der Waals surface area contributed by atoms with E-state index in [1.807, 2.05) is 30.9 Å². The van der Waals surface area contributed by atoms with Gasteiger partial charge in [0.1, 0.15) is 22.3 Å². The number of hydrogen-bond acceptors (Lipinski definition) is 4. The minimum absolute atomic E-state index is 0.806. The van der Waals surface area contributed by atoms with Crippen LogP contribution in [0.1, 0.15) is 0 Å². The molecule has 0 atom stereocenters. The Balaban J connectivity index is 1.16. The topological polar surface area (TPSA) is 61.9 Å². The third-order valence-corrected chi connectivity index (χ3v) is 9.49. The van der Waals surface area contributed by atoms with Gasteiger partial charge in [0, 0.05) is 85.3 Å². The molecule has 0 saturated heterocycles. The summed E-state index contributed by atoms with van der Waals surface area (Å²) in [5, 5.41) is 8.89. The van der Waals surface area contributed by atoms with Gasteiger partial charge in [0.05, 0.1) is 22.1 Å². The molecule has 0 aliphatic rings. The van der Waals surface area contributed by atoms with E-state index >= 15 is 0 Å². The number of fused-ring (bicyclic) bond motifs is 12. The van der Waals surface area contributed by atoms with Crippen LogP contribution in [0.2, 0.25) is 0 Å². The molecule has 46 heavy (non-hydrogen) atoms. The van der Waals surface area contributed by atoms with Gasteiger partial charge in [0.15, 0.2) is 0 Å². The molecule has 0 amide bonds. The highest BCUT2D eigenvalue weighted by molar-refractivity contribution is 6.16. The van der Waals surface area contributed by atoms with Gasteiger partial charge >= 0.3 is 0 Å². The summed E-state index contributed by atoms with van der Waals surface area (Å²) in [5.74, 6) is 0. The lowest BCUT2D eigenvalue weighted by atomic mass is 10.1. The van der Waals surface area contributed by atoms with Crippen molar-refractivity contribution < 1.29 is 8.83 Å². The van der Waals surface area contributed by atoms with Gasteiger partial charge in [-0.2, -0.15) is 0 Å². The zero-order valence-electron chi connectivity index (χ0n) is 24.3. The number of pyridine rings is 2. The summed E-state index contributed by atoms with van der Waals surface area (Å²) in [5.41, 5.74) is 10.0. The second kappa shape index (κ2) is 8.61. The van der Waals surface area contributed by atoms with Crippen molar-refractivity contribution in [2.75, 3.05) is 0 Å². The third kappa shape index (κ3) is 3.09. The largest absolute Gasteiger partial charge is 0.456 e. The van der Waals surface area contributed by atoms with Crippen molar-refractivity contribution in [1.29, 1.82) is 0 Å². The van der Waals surface area contributed by atoms with Crippen molar-refractivity contribution >= 4 is 87.5 Å². The fourth-order valence-corrected chi connectivity index (χ4v) is 7.49. The molecule has 0 fully saturated rings. The van der Waals surface area contributed by atoms with E-state index in [1.165, 1.54) is 10.8 Å². The first-order chi connectivity index (χ1) is 22.8. The molecule has 0 aliphatic carbocycles. The van der Waals surface area contributed by atoms with Crippen LogP contribution in [0.5, 0.6) is 0 Å². The number of hydrogen-bond donors (Lipinski definition) is 0. The predicted molar refractivity (Wildman–Crippen MR) is 185 cm³/mol. The highest BCUT2D eigenvalue weighted by Crippen LogP contribution is 2.40. The van der Waals surface area contributed by atoms with E-state index in [9.17, 15) is 0 Å². The maximum atomic E-state index is 6.39. The number of aromatic nitrogens is 4. The first kappa shape index (κ1) is 24.0. The summed E-state index contributed by atoms with van der Waals surface area (Å²) < 4.78 is 17.4. The summed E-state index contributed by atoms with van der Waals surface area (Å²) in [7, 11) is 0. The zero-order chi connectivity index (χ0) is 29.9. The average molecular weight is 591 g/mol. The molecular formula is C40H22N4O2. The van der Waals surface area contributed by atoms with Crippen molar-refractivity contribution in [1.82, 2.24) is 19.1 Å². The Bertz CT molecular complexity index is 2740. The molecule has 0 unspecified atom stereocenters. The van der Waals surface area contributed by atoms with Gasteiger partial charge in [-0.1, -0.05) is 36.4 Å². The van der Waals surface area contributed by atoms with E-state index in [1.54, 1.807) is 0 Å². The Hall–Kier alpha value is -6.40. The van der Waals surface area contributed by atoms with Gasteiger partial charge in [-0.05, 0) is 66.7 Å². The predicted octanol–water partition coefficient (Wildman–Crippen LogP) is 10.5. The molecule has 0 N–H and O–H groups in total. The maximum Gasteiger partial charge on any atom is 0.139 e. The van der Waals surface area contributed by atoms with Gasteiger partial charge in [-0.15, -0.1) is 0 Å². The minimum atomic E-state index is 0.806. The van der Waals surface area contributed by atoms with Crippen LogP contribution in [-0.4, -0.2) is 19.1 Å². The summed E-state index contributed by atoms with van der Waals surface area (Å²) in [6.45, 7) is 0. The molecule has 0 saturated carbocycles. The van der Waals surface area contributed by atoms with E-state index in [0.29, 0.717) is 0 Å². The van der Waals surface area contributed by atoms with Gasteiger partial charge in [-0.3, -0.25) is 9.97 Å². The molecule has 5 aromatic carbocycles. The Morgan fingerprint density at radius 1 is 0.370 bits per heavy atom. The molecule has 6 aromatic heterocycles. The van der Waals surface area contributed by atoms with Crippen LogP contribution in [0, 0.1) is 0 Å². The standard InChI is InChI=1S/C40H22N4O2/c1-3-7-33-25(5-1)31-21-41-15-13-35(31)43(33)23-9-11-37-27(17-23)29-19-30-28-18-24(10-12-38(28)46-40(30)20-39(29)45-37)44-34-8-4-2-6-26(34)32-22-42-16-14-36(32)44/h1-22H. The Morgan fingerprint density at radius 2 is 0.826 bits per heavy atom. The molecule has 6 heterocycles. The molecule has 0 bridgehead atoms. The van der Waals surface area contributed by atoms with E-state index in [2.05, 4.69) is 122 Å². The first-order valence-electron chi connectivity index (χ1n) is 15.3. The molecule has 6 heteroatoms. The minimum Gasteiger partial charge on any atom is -0.456 e. The Morgan fingerprint density at radius 3 is 1.35 bits per heavy atom. The summed E-state index contributed by atoms with van der Waals surface area (Å²) in [6.07, 6.45) is 7.61. The van der Waals surface area contributed by atoms with E-state index in [4.69, 9.17) is 8.83 Å². The monoisotopic (exact) mass is 590 g/mol. The fraction of sp³-hybridized carbons (Fsp3) is 0. The van der Waals surface area contributed by atoms with Gasteiger partial charge in [0.25, 0.3) is 0 Å². The smallest absolute Gasteiger partial charge is 0.139 e. The molecule has 0 aliphatic heterocycles. The zero-order valence-corrected chi connectivity index (χ0v) is 24.3. The van der Waals surface area contributed by atoms with Crippen LogP contribution >= 0.6 is 0 Å². The molecular weight excluding hydrogens is 568 g/mol. The van der Waals surface area contributed by atoms with Crippen LogP contribution < -0.4 is 0 Å². The normalized spacial score (nSPS) is 12.3. The van der Waals surface area contributed by atoms with Crippen LogP contribution in [0.4, 0.5) is 0 Å². The maximum absolute atomic E-state index is 6.39. The van der Waals surface area contributed by atoms with E-state index in [0.717, 1.165) is 88.1 Å². The molecule has 214 valence electrons. The first-order valence-corrected chi connectivity index (χ1v) is 15.3. The summed E-state index contributed by atoms with van der Waals surface area (Å²) in [6, 6.07) is 38.3. The summed E-state index contributed by atoms with van der Waals surface area (Å²) in [4.78, 5) is 8.82. The highest BCUT2D eigenvalue weighted by Gasteiger charge is 2.18. The number of para-hydroxylation sites is 2. The van der Waals surface area contributed by atoms with E-state index < -0.39 is 0 Å². The second-order valence-electron chi connectivity index (χ2n) is 11.9. The van der Waals surface area contributed by atoms with Crippen molar-refractivity contribution in [2.45, 2.75) is 0 Å². The molecule has 11 aromatic rings. The lowest BCUT2D eigenvalue weighted by Crippen LogP contribution is -1.93. The Kier molecular flexibility index (Phi) is 4.49. The molecule has 0 radical (unpaired) electrons. The number of furan rings is 2. The van der Waals surface area contributed by atoms with Crippen LogP contribution in [0.15, 0.2) is 143 Å². The Labute approximate surface area is 260 Å². The van der Waals surface area contributed by atoms with Gasteiger partial charge in [0.2, 0.25) is 0 Å². The lowest BCUT2D eigenvalue weighted by molar-refractivity contribution is 0.656. The highest BCUT2D eigenvalue weighted by atomic mass is 16.3. The van der Waals surface area contributed by atoms with Crippen LogP contribution in [0.3, 0.4) is 0 Å². The van der Waals surface area contributed by atoms with Crippen molar-refractivity contribution in [2.24, 2.45) is 0 Å². The number of benzene rings is 5. The average Bonchev–Trinajstić information content (AvgIpc) is 3.84. The number of rotatable bonds is 2. The van der Waals surface area contributed by atoms with Crippen LogP contribution in [0.25, 0.3) is 98.9 Å². The van der Waals surface area contributed by atoms with Crippen molar-refractivity contribution in [3.8, 4) is 11.4 Å². The van der Waals surface area contributed by atoms with Crippen molar-refractivity contribution in [3.63, 3.8) is 0 Å². The van der Waals surface area contributed by atoms with Crippen molar-refractivity contribution in [3.05, 3.63) is 134 Å². The molecule has 6 nitrogen and oxygen atoms in total.